The van der Waals surface area contributed by atoms with Crippen LogP contribution in [0.5, 0.6) is 5.75 Å². The van der Waals surface area contributed by atoms with Crippen molar-refractivity contribution in [1.29, 1.82) is 0 Å². The van der Waals surface area contributed by atoms with E-state index in [0.29, 0.717) is 11.6 Å². The molecule has 0 saturated heterocycles. The predicted molar refractivity (Wildman–Crippen MR) is 69.3 cm³/mol. The molecule has 0 heterocycles. The molecule has 0 aliphatic carbocycles. The molecular formula is C13H20ClNO. The Morgan fingerprint density at radius 2 is 2.25 bits per heavy atom. The summed E-state index contributed by atoms with van der Waals surface area (Å²) in [4.78, 5) is 0. The number of ether oxygens (including phenoxy) is 1. The topological polar surface area (TPSA) is 21.3 Å². The van der Waals surface area contributed by atoms with E-state index in [0.717, 1.165) is 24.8 Å². The maximum atomic E-state index is 5.85. The Labute approximate surface area is 103 Å². The molecule has 1 atom stereocenters. The fraction of sp³-hybridized carbons (Fsp3) is 0.538. The van der Waals surface area contributed by atoms with Crippen LogP contribution in [0.2, 0.25) is 5.02 Å². The zero-order valence-corrected chi connectivity index (χ0v) is 10.8. The molecule has 3 heteroatoms. The summed E-state index contributed by atoms with van der Waals surface area (Å²) in [6.45, 7) is 7.04. The van der Waals surface area contributed by atoms with Crippen LogP contribution in [0.3, 0.4) is 0 Å². The number of hydrogen-bond acceptors (Lipinski definition) is 2. The third kappa shape index (κ3) is 5.38. The smallest absolute Gasteiger partial charge is 0.120 e. The van der Waals surface area contributed by atoms with Crippen molar-refractivity contribution >= 4 is 11.6 Å². The molecule has 0 bridgehead atoms. The molecule has 1 rings (SSSR count). The van der Waals surface area contributed by atoms with Gasteiger partial charge in [-0.2, -0.15) is 0 Å². The predicted octanol–water partition coefficient (Wildman–Crippen LogP) is 3.35. The summed E-state index contributed by atoms with van der Waals surface area (Å²) < 4.78 is 5.56. The first-order valence-electron chi connectivity index (χ1n) is 5.81. The Balaban J connectivity index is 2.12. The molecule has 0 amide bonds. The summed E-state index contributed by atoms with van der Waals surface area (Å²) in [5, 5.41) is 4.08. The fourth-order valence-electron chi connectivity index (χ4n) is 1.29. The molecule has 1 aromatic rings. The monoisotopic (exact) mass is 241 g/mol. The van der Waals surface area contributed by atoms with E-state index in [9.17, 15) is 0 Å². The first kappa shape index (κ1) is 13.3. The van der Waals surface area contributed by atoms with E-state index >= 15 is 0 Å². The first-order chi connectivity index (χ1) is 7.72. The molecule has 0 radical (unpaired) electrons. The van der Waals surface area contributed by atoms with Crippen LogP contribution in [0.15, 0.2) is 24.3 Å². The number of hydrogen-bond donors (Lipinski definition) is 1. The van der Waals surface area contributed by atoms with Gasteiger partial charge < -0.3 is 10.1 Å². The fourth-order valence-corrected chi connectivity index (χ4v) is 1.47. The molecule has 16 heavy (non-hydrogen) atoms. The van der Waals surface area contributed by atoms with Crippen LogP contribution < -0.4 is 10.1 Å². The molecule has 2 nitrogen and oxygen atoms in total. The largest absolute Gasteiger partial charge is 0.492 e. The summed E-state index contributed by atoms with van der Waals surface area (Å²) in [5.74, 6) is 1.56. The second-order valence-corrected chi connectivity index (χ2v) is 4.46. The van der Waals surface area contributed by atoms with Crippen molar-refractivity contribution in [3.8, 4) is 5.75 Å². The minimum Gasteiger partial charge on any atom is -0.492 e. The van der Waals surface area contributed by atoms with Crippen molar-refractivity contribution < 1.29 is 4.74 Å². The quantitative estimate of drug-likeness (QED) is 0.740. The molecule has 1 unspecified atom stereocenters. The van der Waals surface area contributed by atoms with Gasteiger partial charge in [0.25, 0.3) is 0 Å². The minimum absolute atomic E-state index is 0.677. The Hall–Kier alpha value is -0.730. The van der Waals surface area contributed by atoms with E-state index in [1.807, 2.05) is 24.3 Å². The van der Waals surface area contributed by atoms with Crippen molar-refractivity contribution in [2.45, 2.75) is 20.3 Å². The Bertz CT molecular complexity index is 304. The molecule has 0 aliphatic heterocycles. The highest BCUT2D eigenvalue weighted by Gasteiger charge is 1.98. The van der Waals surface area contributed by atoms with E-state index < -0.39 is 0 Å². The normalized spacial score (nSPS) is 12.4. The third-order valence-electron chi connectivity index (χ3n) is 2.53. The summed E-state index contributed by atoms with van der Waals surface area (Å²) in [6, 6.07) is 7.48. The van der Waals surface area contributed by atoms with Gasteiger partial charge in [-0.3, -0.25) is 0 Å². The second-order valence-electron chi connectivity index (χ2n) is 4.02. The average molecular weight is 242 g/mol. The van der Waals surface area contributed by atoms with Gasteiger partial charge >= 0.3 is 0 Å². The maximum Gasteiger partial charge on any atom is 0.120 e. The van der Waals surface area contributed by atoms with Gasteiger partial charge in [0.15, 0.2) is 0 Å². The maximum absolute atomic E-state index is 5.85. The van der Waals surface area contributed by atoms with Crippen LogP contribution in [0, 0.1) is 5.92 Å². The number of benzene rings is 1. The number of nitrogens with one attached hydrogen (secondary N) is 1. The lowest BCUT2D eigenvalue weighted by atomic mass is 10.1. The second kappa shape index (κ2) is 7.53. The van der Waals surface area contributed by atoms with E-state index in [1.54, 1.807) is 0 Å². The first-order valence-corrected chi connectivity index (χ1v) is 6.19. The molecular weight excluding hydrogens is 222 g/mol. The van der Waals surface area contributed by atoms with Crippen LogP contribution in [0.25, 0.3) is 0 Å². The summed E-state index contributed by atoms with van der Waals surface area (Å²) >= 11 is 5.85. The van der Waals surface area contributed by atoms with Gasteiger partial charge in [-0.1, -0.05) is 37.9 Å². The highest BCUT2D eigenvalue weighted by Crippen LogP contribution is 2.16. The summed E-state index contributed by atoms with van der Waals surface area (Å²) in [7, 11) is 0. The van der Waals surface area contributed by atoms with Crippen molar-refractivity contribution in [3.05, 3.63) is 29.3 Å². The summed E-state index contributed by atoms with van der Waals surface area (Å²) in [6.07, 6.45) is 1.21. The lowest BCUT2D eigenvalue weighted by Gasteiger charge is -2.10. The van der Waals surface area contributed by atoms with Crippen molar-refractivity contribution in [1.82, 2.24) is 5.32 Å². The van der Waals surface area contributed by atoms with Crippen LogP contribution in [-0.2, 0) is 0 Å². The molecule has 1 N–H and O–H groups in total. The van der Waals surface area contributed by atoms with Gasteiger partial charge in [0, 0.05) is 11.6 Å². The SMILES string of the molecule is CCC(C)CNCCOc1cccc(Cl)c1. The van der Waals surface area contributed by atoms with E-state index in [-0.39, 0.29) is 0 Å². The van der Waals surface area contributed by atoms with E-state index in [1.165, 1.54) is 6.42 Å². The van der Waals surface area contributed by atoms with Crippen LogP contribution in [0.4, 0.5) is 0 Å². The average Bonchev–Trinajstić information content (AvgIpc) is 2.28. The Kier molecular flexibility index (Phi) is 6.27. The molecule has 0 saturated carbocycles. The van der Waals surface area contributed by atoms with Crippen molar-refractivity contribution in [3.63, 3.8) is 0 Å². The highest BCUT2D eigenvalue weighted by molar-refractivity contribution is 6.30. The van der Waals surface area contributed by atoms with Crippen molar-refractivity contribution in [2.24, 2.45) is 5.92 Å². The molecule has 0 fully saturated rings. The minimum atomic E-state index is 0.677. The molecule has 0 aromatic heterocycles. The van der Waals surface area contributed by atoms with E-state index in [2.05, 4.69) is 19.2 Å². The standard InChI is InChI=1S/C13H20ClNO/c1-3-11(2)10-15-7-8-16-13-6-4-5-12(14)9-13/h4-6,9,11,15H,3,7-8,10H2,1-2H3. The van der Waals surface area contributed by atoms with Crippen LogP contribution in [-0.4, -0.2) is 19.7 Å². The summed E-state index contributed by atoms with van der Waals surface area (Å²) in [5.41, 5.74) is 0. The Morgan fingerprint density at radius 1 is 1.44 bits per heavy atom. The number of rotatable bonds is 7. The zero-order valence-electron chi connectivity index (χ0n) is 10.0. The molecule has 0 spiro atoms. The van der Waals surface area contributed by atoms with Gasteiger partial charge in [-0.15, -0.1) is 0 Å². The highest BCUT2D eigenvalue weighted by atomic mass is 35.5. The van der Waals surface area contributed by atoms with Crippen LogP contribution >= 0.6 is 11.6 Å². The van der Waals surface area contributed by atoms with Gasteiger partial charge in [0.1, 0.15) is 12.4 Å². The number of halogens is 1. The van der Waals surface area contributed by atoms with Gasteiger partial charge in [0.2, 0.25) is 0 Å². The zero-order chi connectivity index (χ0) is 11.8. The molecule has 0 aliphatic rings. The van der Waals surface area contributed by atoms with Gasteiger partial charge in [-0.05, 0) is 30.7 Å². The third-order valence-corrected chi connectivity index (χ3v) is 2.77. The molecule has 90 valence electrons. The van der Waals surface area contributed by atoms with E-state index in [4.69, 9.17) is 16.3 Å². The Morgan fingerprint density at radius 3 is 2.94 bits per heavy atom. The van der Waals surface area contributed by atoms with Crippen molar-refractivity contribution in [2.75, 3.05) is 19.7 Å². The molecule has 1 aromatic carbocycles. The van der Waals surface area contributed by atoms with Gasteiger partial charge in [0.05, 0.1) is 0 Å². The lowest BCUT2D eigenvalue weighted by molar-refractivity contribution is 0.309. The van der Waals surface area contributed by atoms with Gasteiger partial charge in [-0.25, -0.2) is 0 Å². The lowest BCUT2D eigenvalue weighted by Crippen LogP contribution is -2.25. The van der Waals surface area contributed by atoms with Crippen LogP contribution in [0.1, 0.15) is 20.3 Å².